The highest BCUT2D eigenvalue weighted by Crippen LogP contribution is 2.13. The SMILES string of the molecule is C#C.CC.CCC(=O)NC1OC[C@@H](O)C[C@H]1NC(C)=O. The first-order valence-corrected chi connectivity index (χ1v) is 6.72. The van der Waals surface area contributed by atoms with Gasteiger partial charge in [-0.05, 0) is 0 Å². The quantitative estimate of drug-likeness (QED) is 0.655. The van der Waals surface area contributed by atoms with Crippen LogP contribution in [-0.4, -0.2) is 41.9 Å². The van der Waals surface area contributed by atoms with Gasteiger partial charge in [-0.3, -0.25) is 9.59 Å². The third-order valence-electron chi connectivity index (χ3n) is 2.37. The monoisotopic (exact) mass is 286 g/mol. The van der Waals surface area contributed by atoms with E-state index in [4.69, 9.17) is 4.74 Å². The Balaban J connectivity index is 0. The lowest BCUT2D eigenvalue weighted by molar-refractivity contribution is -0.137. The van der Waals surface area contributed by atoms with E-state index < -0.39 is 12.3 Å². The number of hydrogen-bond donors (Lipinski definition) is 3. The maximum Gasteiger partial charge on any atom is 0.221 e. The van der Waals surface area contributed by atoms with E-state index in [9.17, 15) is 14.7 Å². The molecule has 0 radical (unpaired) electrons. The van der Waals surface area contributed by atoms with Gasteiger partial charge >= 0.3 is 0 Å². The predicted octanol–water partition coefficient (Wildman–Crippen LogP) is 0.400. The Labute approximate surface area is 121 Å². The van der Waals surface area contributed by atoms with Gasteiger partial charge in [0.05, 0.1) is 18.8 Å². The molecule has 0 aromatic carbocycles. The van der Waals surface area contributed by atoms with Crippen molar-refractivity contribution < 1.29 is 19.4 Å². The van der Waals surface area contributed by atoms with Crippen molar-refractivity contribution in [3.8, 4) is 12.8 Å². The molecular formula is C14H26N2O4. The molecule has 0 aliphatic carbocycles. The van der Waals surface area contributed by atoms with Gasteiger partial charge < -0.3 is 20.5 Å². The Morgan fingerprint density at radius 3 is 2.30 bits per heavy atom. The second-order valence-corrected chi connectivity index (χ2v) is 3.87. The van der Waals surface area contributed by atoms with E-state index in [1.807, 2.05) is 13.8 Å². The second-order valence-electron chi connectivity index (χ2n) is 3.87. The number of rotatable bonds is 3. The topological polar surface area (TPSA) is 87.7 Å². The number of carbonyl (C=O) groups is 2. The molecule has 1 rings (SSSR count). The van der Waals surface area contributed by atoms with E-state index in [1.54, 1.807) is 6.92 Å². The third-order valence-corrected chi connectivity index (χ3v) is 2.37. The van der Waals surface area contributed by atoms with Crippen molar-refractivity contribution in [1.29, 1.82) is 0 Å². The molecule has 0 aromatic rings. The standard InChI is InChI=1S/C10H18N2O4.C2H6.C2H2/c1-3-9(15)12-10-8(11-6(2)13)4-7(14)5-16-10;2*1-2/h7-8,10,14H,3-5H2,1-2H3,(H,11,13)(H,12,15);1-2H3;1-2H/t7-,8+,10?;;/m0../s1. The van der Waals surface area contributed by atoms with Crippen LogP contribution in [0.1, 0.15) is 40.5 Å². The number of carbonyl (C=O) groups excluding carboxylic acids is 2. The number of aliphatic hydroxyl groups is 1. The summed E-state index contributed by atoms with van der Waals surface area (Å²) in [6, 6.07) is -0.378. The molecule has 1 aliphatic heterocycles. The molecule has 1 saturated heterocycles. The van der Waals surface area contributed by atoms with Crippen LogP contribution in [-0.2, 0) is 14.3 Å². The summed E-state index contributed by atoms with van der Waals surface area (Å²) in [6.45, 7) is 7.30. The molecule has 0 bridgehead atoms. The van der Waals surface area contributed by atoms with E-state index in [0.29, 0.717) is 12.8 Å². The zero-order chi connectivity index (χ0) is 16.1. The summed E-state index contributed by atoms with van der Waals surface area (Å²) in [6.07, 6.45) is 7.58. The summed E-state index contributed by atoms with van der Waals surface area (Å²) < 4.78 is 5.28. The van der Waals surface area contributed by atoms with Crippen LogP contribution in [0.2, 0.25) is 0 Å². The molecule has 20 heavy (non-hydrogen) atoms. The van der Waals surface area contributed by atoms with Crippen LogP contribution in [0.25, 0.3) is 0 Å². The van der Waals surface area contributed by atoms with Gasteiger partial charge in [-0.1, -0.05) is 20.8 Å². The Kier molecular flexibility index (Phi) is 12.9. The Hall–Kier alpha value is -1.58. The highest BCUT2D eigenvalue weighted by atomic mass is 16.5. The lowest BCUT2D eigenvalue weighted by Crippen LogP contribution is -2.57. The Morgan fingerprint density at radius 2 is 1.85 bits per heavy atom. The predicted molar refractivity (Wildman–Crippen MR) is 77.6 cm³/mol. The smallest absolute Gasteiger partial charge is 0.221 e. The molecule has 0 saturated carbocycles. The first-order valence-electron chi connectivity index (χ1n) is 6.72. The van der Waals surface area contributed by atoms with Crippen LogP contribution < -0.4 is 10.6 Å². The summed E-state index contributed by atoms with van der Waals surface area (Å²) in [5.74, 6) is -0.352. The minimum Gasteiger partial charge on any atom is -0.391 e. The van der Waals surface area contributed by atoms with Gasteiger partial charge in [0.1, 0.15) is 6.23 Å². The van der Waals surface area contributed by atoms with E-state index >= 15 is 0 Å². The highest BCUT2D eigenvalue weighted by Gasteiger charge is 2.31. The molecule has 6 nitrogen and oxygen atoms in total. The third kappa shape index (κ3) is 8.51. The summed E-state index contributed by atoms with van der Waals surface area (Å²) in [5, 5.41) is 14.7. The molecule has 0 aromatic heterocycles. The summed E-state index contributed by atoms with van der Waals surface area (Å²) in [4.78, 5) is 22.2. The second kappa shape index (κ2) is 12.5. The molecule has 1 heterocycles. The van der Waals surface area contributed by atoms with Crippen molar-refractivity contribution in [3.05, 3.63) is 0 Å². The minimum absolute atomic E-state index is 0.142. The zero-order valence-corrected chi connectivity index (χ0v) is 12.7. The summed E-state index contributed by atoms with van der Waals surface area (Å²) in [7, 11) is 0. The number of amides is 2. The highest BCUT2D eigenvalue weighted by molar-refractivity contribution is 5.76. The first-order chi connectivity index (χ1) is 9.52. The number of ether oxygens (including phenoxy) is 1. The van der Waals surface area contributed by atoms with Crippen molar-refractivity contribution in [1.82, 2.24) is 10.6 Å². The maximum atomic E-state index is 11.2. The first kappa shape index (κ1) is 20.7. The Bertz CT molecular complexity index is 305. The van der Waals surface area contributed by atoms with Crippen LogP contribution in [0.15, 0.2) is 0 Å². The van der Waals surface area contributed by atoms with Crippen molar-refractivity contribution in [2.45, 2.75) is 58.9 Å². The Morgan fingerprint density at radius 1 is 1.30 bits per heavy atom. The molecule has 6 heteroatoms. The fourth-order valence-corrected chi connectivity index (χ4v) is 1.61. The molecule has 3 N–H and O–H groups in total. The van der Waals surface area contributed by atoms with Crippen LogP contribution in [0.3, 0.4) is 0 Å². The van der Waals surface area contributed by atoms with Gasteiger partial charge in [0, 0.05) is 19.8 Å². The lowest BCUT2D eigenvalue weighted by atomic mass is 10.0. The number of terminal acetylenes is 1. The molecule has 116 valence electrons. The van der Waals surface area contributed by atoms with Gasteiger partial charge in [0.2, 0.25) is 11.8 Å². The molecule has 2 amide bonds. The average Bonchev–Trinajstić information content (AvgIpc) is 2.45. The molecular weight excluding hydrogens is 260 g/mol. The van der Waals surface area contributed by atoms with Crippen LogP contribution >= 0.6 is 0 Å². The van der Waals surface area contributed by atoms with E-state index in [1.165, 1.54) is 6.92 Å². The zero-order valence-electron chi connectivity index (χ0n) is 12.7. The van der Waals surface area contributed by atoms with Crippen molar-refractivity contribution in [3.63, 3.8) is 0 Å². The van der Waals surface area contributed by atoms with Crippen molar-refractivity contribution in [2.75, 3.05) is 6.61 Å². The molecule has 3 atom stereocenters. The van der Waals surface area contributed by atoms with Crippen LogP contribution in [0.4, 0.5) is 0 Å². The molecule has 1 unspecified atom stereocenters. The van der Waals surface area contributed by atoms with Gasteiger partial charge in [0.25, 0.3) is 0 Å². The van der Waals surface area contributed by atoms with Crippen LogP contribution in [0.5, 0.6) is 0 Å². The largest absolute Gasteiger partial charge is 0.391 e. The number of nitrogens with one attached hydrogen (secondary N) is 2. The molecule has 1 aliphatic rings. The van der Waals surface area contributed by atoms with Gasteiger partial charge in [0.15, 0.2) is 0 Å². The molecule has 1 fully saturated rings. The normalized spacial score (nSPS) is 24.1. The van der Waals surface area contributed by atoms with E-state index in [0.717, 1.165) is 0 Å². The van der Waals surface area contributed by atoms with Crippen molar-refractivity contribution in [2.24, 2.45) is 0 Å². The van der Waals surface area contributed by atoms with Gasteiger partial charge in [-0.2, -0.15) is 0 Å². The summed E-state index contributed by atoms with van der Waals surface area (Å²) in [5.41, 5.74) is 0. The van der Waals surface area contributed by atoms with E-state index in [-0.39, 0.29) is 24.5 Å². The van der Waals surface area contributed by atoms with Gasteiger partial charge in [-0.15, -0.1) is 12.8 Å². The fraction of sp³-hybridized carbons (Fsp3) is 0.714. The van der Waals surface area contributed by atoms with E-state index in [2.05, 4.69) is 23.5 Å². The minimum atomic E-state index is -0.605. The fourth-order valence-electron chi connectivity index (χ4n) is 1.61. The number of aliphatic hydroxyl groups excluding tert-OH is 1. The maximum absolute atomic E-state index is 11.2. The van der Waals surface area contributed by atoms with Crippen LogP contribution in [0, 0.1) is 12.8 Å². The number of hydrogen-bond acceptors (Lipinski definition) is 4. The van der Waals surface area contributed by atoms with Crippen molar-refractivity contribution >= 4 is 11.8 Å². The lowest BCUT2D eigenvalue weighted by Gasteiger charge is -2.34. The molecule has 0 spiro atoms. The summed E-state index contributed by atoms with van der Waals surface area (Å²) >= 11 is 0. The average molecular weight is 286 g/mol. The van der Waals surface area contributed by atoms with Gasteiger partial charge in [-0.25, -0.2) is 0 Å².